The SMILES string of the molecule is COC(C)CCC(N)c1ccc(C)c(F)c1F. The molecule has 1 aromatic carbocycles. The summed E-state index contributed by atoms with van der Waals surface area (Å²) in [5.74, 6) is -1.64. The molecule has 0 spiro atoms. The average molecular weight is 243 g/mol. The van der Waals surface area contributed by atoms with Crippen molar-refractivity contribution >= 4 is 0 Å². The topological polar surface area (TPSA) is 35.2 Å². The molecule has 1 aromatic rings. The quantitative estimate of drug-likeness (QED) is 0.862. The van der Waals surface area contributed by atoms with Crippen molar-refractivity contribution in [3.05, 3.63) is 34.9 Å². The van der Waals surface area contributed by atoms with Crippen LogP contribution in [0.3, 0.4) is 0 Å². The molecule has 2 nitrogen and oxygen atoms in total. The summed E-state index contributed by atoms with van der Waals surface area (Å²) in [6.45, 7) is 3.44. The number of aryl methyl sites for hydroxylation is 1. The molecule has 0 radical (unpaired) electrons. The molecule has 0 bridgehead atoms. The Kier molecular flexibility index (Phi) is 5.02. The standard InChI is InChI=1S/C13H19F2NO/c1-8-4-6-10(13(15)12(8)14)11(16)7-5-9(2)17-3/h4,6,9,11H,5,7,16H2,1-3H3. The lowest BCUT2D eigenvalue weighted by molar-refractivity contribution is 0.107. The van der Waals surface area contributed by atoms with Gasteiger partial charge in [0.2, 0.25) is 0 Å². The highest BCUT2D eigenvalue weighted by Gasteiger charge is 2.17. The monoisotopic (exact) mass is 243 g/mol. The third-order valence-electron chi connectivity index (χ3n) is 2.99. The molecule has 0 amide bonds. The third kappa shape index (κ3) is 3.48. The van der Waals surface area contributed by atoms with Gasteiger partial charge in [0.15, 0.2) is 11.6 Å². The van der Waals surface area contributed by atoms with Crippen molar-refractivity contribution in [2.24, 2.45) is 5.73 Å². The largest absolute Gasteiger partial charge is 0.382 e. The summed E-state index contributed by atoms with van der Waals surface area (Å²) in [5, 5.41) is 0. The fourth-order valence-electron chi connectivity index (χ4n) is 1.63. The minimum absolute atomic E-state index is 0.0689. The molecule has 0 fully saturated rings. The molecule has 0 aliphatic heterocycles. The van der Waals surface area contributed by atoms with Gasteiger partial charge in [0.25, 0.3) is 0 Å². The van der Waals surface area contributed by atoms with Crippen LogP contribution >= 0.6 is 0 Å². The zero-order valence-electron chi connectivity index (χ0n) is 10.5. The number of benzene rings is 1. The van der Waals surface area contributed by atoms with Crippen molar-refractivity contribution in [1.29, 1.82) is 0 Å². The number of rotatable bonds is 5. The van der Waals surface area contributed by atoms with Crippen LogP contribution in [0.2, 0.25) is 0 Å². The predicted octanol–water partition coefficient (Wildman–Crippen LogP) is 3.09. The normalized spacial score (nSPS) is 14.7. The first-order chi connectivity index (χ1) is 7.97. The van der Waals surface area contributed by atoms with Crippen molar-refractivity contribution in [2.45, 2.75) is 38.8 Å². The van der Waals surface area contributed by atoms with Gasteiger partial charge in [0, 0.05) is 18.7 Å². The molecular formula is C13H19F2NO. The van der Waals surface area contributed by atoms with E-state index in [1.54, 1.807) is 19.2 Å². The van der Waals surface area contributed by atoms with E-state index in [0.29, 0.717) is 18.4 Å². The second-order valence-electron chi connectivity index (χ2n) is 4.33. The van der Waals surface area contributed by atoms with Crippen LogP contribution in [-0.2, 0) is 4.74 Å². The van der Waals surface area contributed by atoms with E-state index < -0.39 is 17.7 Å². The molecule has 1 rings (SSSR count). The summed E-state index contributed by atoms with van der Waals surface area (Å²) in [6, 6.07) is 2.60. The number of hydrogen-bond acceptors (Lipinski definition) is 2. The summed E-state index contributed by atoms with van der Waals surface area (Å²) in [4.78, 5) is 0. The van der Waals surface area contributed by atoms with Gasteiger partial charge in [-0.05, 0) is 32.3 Å². The van der Waals surface area contributed by atoms with Gasteiger partial charge in [-0.1, -0.05) is 12.1 Å². The number of hydrogen-bond donors (Lipinski definition) is 1. The van der Waals surface area contributed by atoms with Crippen LogP contribution in [0.1, 0.15) is 36.9 Å². The molecule has 0 saturated carbocycles. The predicted molar refractivity (Wildman–Crippen MR) is 63.7 cm³/mol. The molecule has 2 unspecified atom stereocenters. The van der Waals surface area contributed by atoms with Gasteiger partial charge in [-0.15, -0.1) is 0 Å². The minimum atomic E-state index is -0.831. The van der Waals surface area contributed by atoms with Gasteiger partial charge >= 0.3 is 0 Å². The fourth-order valence-corrected chi connectivity index (χ4v) is 1.63. The Morgan fingerprint density at radius 3 is 2.47 bits per heavy atom. The highest BCUT2D eigenvalue weighted by molar-refractivity contribution is 5.27. The lowest BCUT2D eigenvalue weighted by atomic mass is 9.99. The van der Waals surface area contributed by atoms with Crippen LogP contribution in [0.15, 0.2) is 12.1 Å². The van der Waals surface area contributed by atoms with Gasteiger partial charge < -0.3 is 10.5 Å². The number of ether oxygens (including phenoxy) is 1. The molecule has 0 heterocycles. The van der Waals surface area contributed by atoms with E-state index in [9.17, 15) is 8.78 Å². The summed E-state index contributed by atoms with van der Waals surface area (Å²) >= 11 is 0. The molecule has 17 heavy (non-hydrogen) atoms. The Balaban J connectivity index is 2.76. The summed E-state index contributed by atoms with van der Waals surface area (Å²) < 4.78 is 32.1. The fraction of sp³-hybridized carbons (Fsp3) is 0.538. The smallest absolute Gasteiger partial charge is 0.163 e. The van der Waals surface area contributed by atoms with Crippen molar-refractivity contribution in [3.63, 3.8) is 0 Å². The van der Waals surface area contributed by atoms with Crippen LogP contribution in [0.4, 0.5) is 8.78 Å². The van der Waals surface area contributed by atoms with E-state index >= 15 is 0 Å². The number of methoxy groups -OCH3 is 1. The molecule has 0 aliphatic carbocycles. The Morgan fingerprint density at radius 1 is 1.24 bits per heavy atom. The Labute approximate surface area is 101 Å². The molecule has 2 atom stereocenters. The van der Waals surface area contributed by atoms with Gasteiger partial charge in [0.1, 0.15) is 0 Å². The van der Waals surface area contributed by atoms with E-state index in [1.165, 1.54) is 6.92 Å². The average Bonchev–Trinajstić information content (AvgIpc) is 2.32. The van der Waals surface area contributed by atoms with Crippen molar-refractivity contribution in [1.82, 2.24) is 0 Å². The zero-order valence-corrected chi connectivity index (χ0v) is 10.5. The van der Waals surface area contributed by atoms with E-state index in [1.807, 2.05) is 6.92 Å². The first-order valence-corrected chi connectivity index (χ1v) is 5.70. The van der Waals surface area contributed by atoms with Crippen molar-refractivity contribution in [3.8, 4) is 0 Å². The van der Waals surface area contributed by atoms with Crippen LogP contribution in [0.25, 0.3) is 0 Å². The minimum Gasteiger partial charge on any atom is -0.382 e. The second-order valence-corrected chi connectivity index (χ2v) is 4.33. The number of halogens is 2. The maximum Gasteiger partial charge on any atom is 0.163 e. The highest BCUT2D eigenvalue weighted by Crippen LogP contribution is 2.23. The Hall–Kier alpha value is -1.00. The van der Waals surface area contributed by atoms with E-state index in [-0.39, 0.29) is 11.7 Å². The Bertz CT molecular complexity index is 382. The second kappa shape index (κ2) is 6.07. The Morgan fingerprint density at radius 2 is 1.88 bits per heavy atom. The van der Waals surface area contributed by atoms with Crippen molar-refractivity contribution in [2.75, 3.05) is 7.11 Å². The third-order valence-corrected chi connectivity index (χ3v) is 2.99. The zero-order chi connectivity index (χ0) is 13.0. The first-order valence-electron chi connectivity index (χ1n) is 5.70. The molecule has 0 aliphatic rings. The molecular weight excluding hydrogens is 224 g/mol. The molecule has 4 heteroatoms. The van der Waals surface area contributed by atoms with E-state index in [0.717, 1.165) is 0 Å². The van der Waals surface area contributed by atoms with Gasteiger partial charge in [0.05, 0.1) is 6.10 Å². The van der Waals surface area contributed by atoms with E-state index in [4.69, 9.17) is 10.5 Å². The van der Waals surface area contributed by atoms with Crippen LogP contribution < -0.4 is 5.73 Å². The van der Waals surface area contributed by atoms with Crippen LogP contribution in [0, 0.1) is 18.6 Å². The molecule has 0 saturated heterocycles. The van der Waals surface area contributed by atoms with Gasteiger partial charge in [-0.25, -0.2) is 8.78 Å². The highest BCUT2D eigenvalue weighted by atomic mass is 19.2. The maximum atomic E-state index is 13.6. The van der Waals surface area contributed by atoms with Crippen LogP contribution in [-0.4, -0.2) is 13.2 Å². The molecule has 2 N–H and O–H groups in total. The lowest BCUT2D eigenvalue weighted by Gasteiger charge is -2.16. The van der Waals surface area contributed by atoms with Gasteiger partial charge in [-0.2, -0.15) is 0 Å². The van der Waals surface area contributed by atoms with E-state index in [2.05, 4.69) is 0 Å². The lowest BCUT2D eigenvalue weighted by Crippen LogP contribution is -2.16. The summed E-state index contributed by atoms with van der Waals surface area (Å²) in [7, 11) is 1.61. The maximum absolute atomic E-state index is 13.6. The summed E-state index contributed by atoms with van der Waals surface area (Å²) in [6.07, 6.45) is 1.35. The van der Waals surface area contributed by atoms with Crippen LogP contribution in [0.5, 0.6) is 0 Å². The molecule has 0 aromatic heterocycles. The number of nitrogens with two attached hydrogens (primary N) is 1. The summed E-state index contributed by atoms with van der Waals surface area (Å²) in [5.41, 5.74) is 6.38. The van der Waals surface area contributed by atoms with Crippen molar-refractivity contribution < 1.29 is 13.5 Å². The first kappa shape index (κ1) is 14.1. The molecule has 96 valence electrons. The van der Waals surface area contributed by atoms with Gasteiger partial charge in [-0.3, -0.25) is 0 Å².